The van der Waals surface area contributed by atoms with E-state index in [1.54, 1.807) is 4.90 Å². The second-order valence-corrected chi connectivity index (χ2v) is 6.72. The second-order valence-electron chi connectivity index (χ2n) is 6.72. The van der Waals surface area contributed by atoms with Gasteiger partial charge in [0.2, 0.25) is 5.91 Å². The highest BCUT2D eigenvalue weighted by Gasteiger charge is 2.27. The number of piperazine rings is 1. The summed E-state index contributed by atoms with van der Waals surface area (Å²) in [6.45, 7) is 8.36. The van der Waals surface area contributed by atoms with Gasteiger partial charge in [0.1, 0.15) is 0 Å². The number of carbonyl (C=O) groups is 2. The van der Waals surface area contributed by atoms with E-state index in [2.05, 4.69) is 13.8 Å². The highest BCUT2D eigenvalue weighted by atomic mass is 35.5. The average Bonchev–Trinajstić information content (AvgIpc) is 2.53. The maximum atomic E-state index is 12.5. The smallest absolute Gasteiger partial charge is 0.253 e. The molecule has 1 aromatic rings. The fourth-order valence-corrected chi connectivity index (χ4v) is 2.85. The first kappa shape index (κ1) is 20.5. The molecule has 0 aromatic heterocycles. The Kier molecular flexibility index (Phi) is 7.70. The van der Waals surface area contributed by atoms with E-state index in [1.807, 2.05) is 36.1 Å². The quantitative estimate of drug-likeness (QED) is 0.901. The van der Waals surface area contributed by atoms with Crippen molar-refractivity contribution in [3.63, 3.8) is 0 Å². The van der Waals surface area contributed by atoms with Crippen LogP contribution in [-0.2, 0) is 4.79 Å². The van der Waals surface area contributed by atoms with Crippen LogP contribution in [0.5, 0.6) is 0 Å². The van der Waals surface area contributed by atoms with Gasteiger partial charge in [0.15, 0.2) is 0 Å². The standard InChI is InChI=1S/C18H27N3O2.ClH/c1-13(2)12-16(19)18(23)21-10-8-20(9-11-21)17(22)15-6-4-14(3)5-7-15;/h4-7,13,16H,8-12,19H2,1-3H3;1H/t16-;/m0./s1. The number of hydrogen-bond acceptors (Lipinski definition) is 3. The highest BCUT2D eigenvalue weighted by molar-refractivity contribution is 5.94. The number of nitrogens with zero attached hydrogens (tertiary/aromatic N) is 2. The minimum absolute atomic E-state index is 0. The number of rotatable bonds is 4. The molecule has 1 aromatic carbocycles. The number of benzene rings is 1. The number of halogens is 1. The first-order valence-corrected chi connectivity index (χ1v) is 8.28. The van der Waals surface area contributed by atoms with Crippen molar-refractivity contribution in [1.82, 2.24) is 9.80 Å². The molecule has 0 saturated carbocycles. The Labute approximate surface area is 150 Å². The molecule has 0 unspecified atom stereocenters. The molecule has 0 aliphatic carbocycles. The summed E-state index contributed by atoms with van der Waals surface area (Å²) >= 11 is 0. The van der Waals surface area contributed by atoms with Crippen molar-refractivity contribution in [2.75, 3.05) is 26.2 Å². The van der Waals surface area contributed by atoms with Gasteiger partial charge in [-0.2, -0.15) is 0 Å². The summed E-state index contributed by atoms with van der Waals surface area (Å²) < 4.78 is 0. The minimum Gasteiger partial charge on any atom is -0.338 e. The van der Waals surface area contributed by atoms with Crippen LogP contribution in [0.15, 0.2) is 24.3 Å². The number of carbonyl (C=O) groups excluding carboxylic acids is 2. The van der Waals surface area contributed by atoms with Crippen molar-refractivity contribution < 1.29 is 9.59 Å². The molecule has 6 heteroatoms. The first-order valence-electron chi connectivity index (χ1n) is 8.28. The van der Waals surface area contributed by atoms with Crippen molar-refractivity contribution in [3.8, 4) is 0 Å². The summed E-state index contributed by atoms with van der Waals surface area (Å²) in [7, 11) is 0. The molecule has 0 radical (unpaired) electrons. The molecule has 1 aliphatic heterocycles. The van der Waals surface area contributed by atoms with Crippen LogP contribution in [0.25, 0.3) is 0 Å². The molecule has 1 atom stereocenters. The normalized spacial score (nSPS) is 15.9. The van der Waals surface area contributed by atoms with E-state index >= 15 is 0 Å². The lowest BCUT2D eigenvalue weighted by Gasteiger charge is -2.36. The van der Waals surface area contributed by atoms with Gasteiger partial charge >= 0.3 is 0 Å². The molecule has 1 fully saturated rings. The molecule has 5 nitrogen and oxygen atoms in total. The van der Waals surface area contributed by atoms with Crippen LogP contribution >= 0.6 is 12.4 Å². The largest absolute Gasteiger partial charge is 0.338 e. The van der Waals surface area contributed by atoms with Crippen LogP contribution in [0.3, 0.4) is 0 Å². The molecular formula is C18H28ClN3O2. The van der Waals surface area contributed by atoms with Crippen molar-refractivity contribution in [1.29, 1.82) is 0 Å². The van der Waals surface area contributed by atoms with Crippen LogP contribution in [0.4, 0.5) is 0 Å². The number of amides is 2. The SMILES string of the molecule is Cc1ccc(C(=O)N2CCN(C(=O)[C@@H](N)CC(C)C)CC2)cc1.Cl. The Morgan fingerprint density at radius 1 is 1.04 bits per heavy atom. The van der Waals surface area contributed by atoms with Gasteiger partial charge in [-0.1, -0.05) is 31.5 Å². The lowest BCUT2D eigenvalue weighted by molar-refractivity contribution is -0.134. The van der Waals surface area contributed by atoms with Gasteiger partial charge in [0, 0.05) is 31.7 Å². The van der Waals surface area contributed by atoms with Crippen LogP contribution in [0.1, 0.15) is 36.2 Å². The molecule has 1 heterocycles. The topological polar surface area (TPSA) is 66.6 Å². The minimum atomic E-state index is -0.436. The molecule has 2 N–H and O–H groups in total. The third-order valence-corrected chi connectivity index (χ3v) is 4.22. The Balaban J connectivity index is 0.00000288. The van der Waals surface area contributed by atoms with Crippen molar-refractivity contribution in [2.24, 2.45) is 11.7 Å². The van der Waals surface area contributed by atoms with Crippen molar-refractivity contribution in [2.45, 2.75) is 33.2 Å². The Bertz CT molecular complexity index is 552. The summed E-state index contributed by atoms with van der Waals surface area (Å²) in [5.74, 6) is 0.433. The summed E-state index contributed by atoms with van der Waals surface area (Å²) in [6.07, 6.45) is 0.696. The van der Waals surface area contributed by atoms with Crippen molar-refractivity contribution >= 4 is 24.2 Å². The lowest BCUT2D eigenvalue weighted by atomic mass is 10.0. The van der Waals surface area contributed by atoms with E-state index < -0.39 is 6.04 Å². The van der Waals surface area contributed by atoms with E-state index in [0.717, 1.165) is 5.56 Å². The van der Waals surface area contributed by atoms with E-state index in [-0.39, 0.29) is 24.2 Å². The summed E-state index contributed by atoms with van der Waals surface area (Å²) in [5, 5.41) is 0. The van der Waals surface area contributed by atoms with Crippen LogP contribution < -0.4 is 5.73 Å². The van der Waals surface area contributed by atoms with Crippen molar-refractivity contribution in [3.05, 3.63) is 35.4 Å². The van der Waals surface area contributed by atoms with Crippen LogP contribution in [0.2, 0.25) is 0 Å². The summed E-state index contributed by atoms with van der Waals surface area (Å²) in [5.41, 5.74) is 7.81. The van der Waals surface area contributed by atoms with E-state index in [4.69, 9.17) is 5.73 Å². The van der Waals surface area contributed by atoms with Gasteiger partial charge in [0.05, 0.1) is 6.04 Å². The highest BCUT2D eigenvalue weighted by Crippen LogP contribution is 2.12. The zero-order valence-corrected chi connectivity index (χ0v) is 15.5. The maximum Gasteiger partial charge on any atom is 0.253 e. The average molecular weight is 354 g/mol. The number of nitrogens with two attached hydrogens (primary N) is 1. The molecule has 1 saturated heterocycles. The van der Waals surface area contributed by atoms with Gasteiger partial charge < -0.3 is 15.5 Å². The van der Waals surface area contributed by atoms with Gasteiger partial charge in [-0.05, 0) is 31.4 Å². The van der Waals surface area contributed by atoms with Gasteiger partial charge in [-0.15, -0.1) is 12.4 Å². The van der Waals surface area contributed by atoms with E-state index in [0.29, 0.717) is 44.1 Å². The summed E-state index contributed by atoms with van der Waals surface area (Å²) in [4.78, 5) is 28.4. The molecule has 134 valence electrons. The van der Waals surface area contributed by atoms with Crippen LogP contribution in [-0.4, -0.2) is 53.8 Å². The third kappa shape index (κ3) is 5.21. The van der Waals surface area contributed by atoms with Gasteiger partial charge in [0.25, 0.3) is 5.91 Å². The predicted molar refractivity (Wildman–Crippen MR) is 98.3 cm³/mol. The molecular weight excluding hydrogens is 326 g/mol. The Hall–Kier alpha value is -1.59. The zero-order chi connectivity index (χ0) is 17.0. The zero-order valence-electron chi connectivity index (χ0n) is 14.7. The fraction of sp³-hybridized carbons (Fsp3) is 0.556. The van der Waals surface area contributed by atoms with Crippen LogP contribution in [0, 0.1) is 12.8 Å². The first-order chi connectivity index (χ1) is 10.9. The molecule has 0 spiro atoms. The van der Waals surface area contributed by atoms with E-state index in [1.165, 1.54) is 0 Å². The molecule has 2 rings (SSSR count). The monoisotopic (exact) mass is 353 g/mol. The maximum absolute atomic E-state index is 12.5. The Morgan fingerprint density at radius 3 is 2.04 bits per heavy atom. The third-order valence-electron chi connectivity index (χ3n) is 4.22. The molecule has 2 amide bonds. The number of hydrogen-bond donors (Lipinski definition) is 1. The number of aryl methyl sites for hydroxylation is 1. The van der Waals surface area contributed by atoms with Gasteiger partial charge in [-0.3, -0.25) is 9.59 Å². The molecule has 24 heavy (non-hydrogen) atoms. The molecule has 1 aliphatic rings. The predicted octanol–water partition coefficient (Wildman–Crippen LogP) is 2.07. The molecule has 0 bridgehead atoms. The Morgan fingerprint density at radius 2 is 1.54 bits per heavy atom. The lowest BCUT2D eigenvalue weighted by Crippen LogP contribution is -2.54. The summed E-state index contributed by atoms with van der Waals surface area (Å²) in [6, 6.07) is 7.16. The van der Waals surface area contributed by atoms with Gasteiger partial charge in [-0.25, -0.2) is 0 Å². The van der Waals surface area contributed by atoms with E-state index in [9.17, 15) is 9.59 Å². The second kappa shape index (κ2) is 9.04. The fourth-order valence-electron chi connectivity index (χ4n) is 2.85.